The lowest BCUT2D eigenvalue weighted by Gasteiger charge is -2.40. The SMILES string of the molecule is CC1(C)CCN(C2CCC(N)(C(=O)O)C2)CC1. The number of piperidine rings is 1. The van der Waals surface area contributed by atoms with Crippen molar-refractivity contribution in [2.75, 3.05) is 13.1 Å². The van der Waals surface area contributed by atoms with Gasteiger partial charge in [0.15, 0.2) is 0 Å². The summed E-state index contributed by atoms with van der Waals surface area (Å²) in [6, 6.07) is 0.382. The first-order chi connectivity index (χ1) is 7.82. The first-order valence-corrected chi connectivity index (χ1v) is 6.59. The molecule has 1 saturated heterocycles. The number of rotatable bonds is 2. The van der Waals surface area contributed by atoms with E-state index >= 15 is 0 Å². The highest BCUT2D eigenvalue weighted by Gasteiger charge is 2.44. The summed E-state index contributed by atoms with van der Waals surface area (Å²) in [5, 5.41) is 9.13. The zero-order chi connectivity index (χ0) is 12.7. The summed E-state index contributed by atoms with van der Waals surface area (Å²) in [6.45, 7) is 6.80. The zero-order valence-electron chi connectivity index (χ0n) is 10.9. The molecule has 2 fully saturated rings. The molecular formula is C13H24N2O2. The average Bonchev–Trinajstić information content (AvgIpc) is 2.62. The molecule has 2 aliphatic rings. The van der Waals surface area contributed by atoms with Crippen molar-refractivity contribution in [2.45, 2.75) is 57.5 Å². The van der Waals surface area contributed by atoms with Gasteiger partial charge in [0.05, 0.1) is 0 Å². The van der Waals surface area contributed by atoms with Crippen LogP contribution in [0, 0.1) is 5.41 Å². The maximum atomic E-state index is 11.1. The van der Waals surface area contributed by atoms with Gasteiger partial charge in [0.25, 0.3) is 0 Å². The second-order valence-electron chi connectivity index (χ2n) is 6.56. The van der Waals surface area contributed by atoms with Gasteiger partial charge in [-0.2, -0.15) is 0 Å². The Morgan fingerprint density at radius 3 is 2.35 bits per heavy atom. The van der Waals surface area contributed by atoms with E-state index in [1.807, 2.05) is 0 Å². The van der Waals surface area contributed by atoms with Crippen LogP contribution in [0.5, 0.6) is 0 Å². The number of aliphatic carboxylic acids is 1. The van der Waals surface area contributed by atoms with E-state index in [4.69, 9.17) is 10.8 Å². The summed E-state index contributed by atoms with van der Waals surface area (Å²) >= 11 is 0. The van der Waals surface area contributed by atoms with Crippen molar-refractivity contribution in [3.8, 4) is 0 Å². The summed E-state index contributed by atoms with van der Waals surface area (Å²) < 4.78 is 0. The van der Waals surface area contributed by atoms with Crippen molar-refractivity contribution < 1.29 is 9.90 Å². The minimum atomic E-state index is -0.975. The molecule has 0 radical (unpaired) electrons. The molecule has 2 atom stereocenters. The summed E-state index contributed by atoms with van der Waals surface area (Å²) in [6.07, 6.45) is 4.57. The molecule has 4 nitrogen and oxygen atoms in total. The van der Waals surface area contributed by atoms with E-state index in [2.05, 4.69) is 18.7 Å². The molecule has 2 rings (SSSR count). The third-order valence-electron chi connectivity index (χ3n) is 4.62. The molecule has 17 heavy (non-hydrogen) atoms. The Morgan fingerprint density at radius 2 is 1.88 bits per heavy atom. The number of carbonyl (C=O) groups is 1. The third-order valence-corrected chi connectivity index (χ3v) is 4.62. The predicted molar refractivity (Wildman–Crippen MR) is 66.8 cm³/mol. The second kappa shape index (κ2) is 4.25. The van der Waals surface area contributed by atoms with Crippen LogP contribution in [-0.2, 0) is 4.79 Å². The van der Waals surface area contributed by atoms with Crippen LogP contribution < -0.4 is 5.73 Å². The standard InChI is InChI=1S/C13H24N2O2/c1-12(2)5-7-15(8-6-12)10-3-4-13(14,9-10)11(16)17/h10H,3-9,14H2,1-2H3,(H,16,17). The van der Waals surface area contributed by atoms with Crippen molar-refractivity contribution in [2.24, 2.45) is 11.1 Å². The van der Waals surface area contributed by atoms with Crippen molar-refractivity contribution in [1.29, 1.82) is 0 Å². The third kappa shape index (κ3) is 2.63. The van der Waals surface area contributed by atoms with Crippen LogP contribution in [-0.4, -0.2) is 40.6 Å². The summed E-state index contributed by atoms with van der Waals surface area (Å²) in [5.41, 5.74) is 5.40. The van der Waals surface area contributed by atoms with Gasteiger partial charge in [-0.3, -0.25) is 4.79 Å². The van der Waals surface area contributed by atoms with Gasteiger partial charge in [-0.05, 0) is 50.6 Å². The molecule has 2 unspecified atom stereocenters. The number of nitrogens with zero attached hydrogens (tertiary/aromatic N) is 1. The Labute approximate surface area is 103 Å². The predicted octanol–water partition coefficient (Wildman–Crippen LogP) is 1.44. The Kier molecular flexibility index (Phi) is 3.21. The topological polar surface area (TPSA) is 66.6 Å². The average molecular weight is 240 g/mol. The van der Waals surface area contributed by atoms with Gasteiger partial charge < -0.3 is 15.7 Å². The number of hydrogen-bond acceptors (Lipinski definition) is 3. The van der Waals surface area contributed by atoms with Gasteiger partial charge in [0.1, 0.15) is 5.54 Å². The molecule has 3 N–H and O–H groups in total. The van der Waals surface area contributed by atoms with E-state index < -0.39 is 11.5 Å². The monoisotopic (exact) mass is 240 g/mol. The maximum Gasteiger partial charge on any atom is 0.323 e. The molecule has 98 valence electrons. The van der Waals surface area contributed by atoms with Gasteiger partial charge in [-0.25, -0.2) is 0 Å². The molecule has 0 spiro atoms. The Bertz CT molecular complexity index is 307. The van der Waals surface area contributed by atoms with Crippen LogP contribution >= 0.6 is 0 Å². The Hall–Kier alpha value is -0.610. The Balaban J connectivity index is 1.92. The molecule has 1 aliphatic heterocycles. The van der Waals surface area contributed by atoms with Gasteiger partial charge in [-0.1, -0.05) is 13.8 Å². The van der Waals surface area contributed by atoms with Crippen molar-refractivity contribution in [1.82, 2.24) is 4.90 Å². The second-order valence-corrected chi connectivity index (χ2v) is 6.56. The number of likely N-dealkylation sites (tertiary alicyclic amines) is 1. The van der Waals surface area contributed by atoms with Crippen LogP contribution in [0.15, 0.2) is 0 Å². The van der Waals surface area contributed by atoms with Crippen LogP contribution in [0.4, 0.5) is 0 Å². The molecule has 1 heterocycles. The van der Waals surface area contributed by atoms with Gasteiger partial charge in [0.2, 0.25) is 0 Å². The lowest BCUT2D eigenvalue weighted by atomic mass is 9.82. The van der Waals surface area contributed by atoms with Crippen molar-refractivity contribution >= 4 is 5.97 Å². The quantitative estimate of drug-likeness (QED) is 0.766. The lowest BCUT2D eigenvalue weighted by Crippen LogP contribution is -2.48. The normalized spacial score (nSPS) is 38.2. The molecule has 0 aromatic heterocycles. The van der Waals surface area contributed by atoms with E-state index in [0.29, 0.717) is 24.3 Å². The minimum Gasteiger partial charge on any atom is -0.480 e. The van der Waals surface area contributed by atoms with E-state index in [-0.39, 0.29) is 0 Å². The van der Waals surface area contributed by atoms with Crippen molar-refractivity contribution in [3.05, 3.63) is 0 Å². The van der Waals surface area contributed by atoms with Crippen LogP contribution in [0.3, 0.4) is 0 Å². The summed E-state index contributed by atoms with van der Waals surface area (Å²) in [5.74, 6) is -0.836. The van der Waals surface area contributed by atoms with Crippen LogP contribution in [0.25, 0.3) is 0 Å². The lowest BCUT2D eigenvalue weighted by molar-refractivity contribution is -0.143. The molecule has 1 aliphatic carbocycles. The number of hydrogen-bond donors (Lipinski definition) is 2. The molecule has 1 saturated carbocycles. The molecule has 0 bridgehead atoms. The first-order valence-electron chi connectivity index (χ1n) is 6.59. The van der Waals surface area contributed by atoms with Gasteiger partial charge in [-0.15, -0.1) is 0 Å². The number of nitrogens with two attached hydrogens (primary N) is 1. The first kappa shape index (κ1) is 12.8. The van der Waals surface area contributed by atoms with Gasteiger partial charge in [0, 0.05) is 6.04 Å². The molecule has 0 amide bonds. The van der Waals surface area contributed by atoms with Gasteiger partial charge >= 0.3 is 5.97 Å². The fraction of sp³-hybridized carbons (Fsp3) is 0.923. The molecular weight excluding hydrogens is 216 g/mol. The maximum absolute atomic E-state index is 11.1. The largest absolute Gasteiger partial charge is 0.480 e. The van der Waals surface area contributed by atoms with E-state index in [0.717, 1.165) is 19.5 Å². The fourth-order valence-corrected chi connectivity index (χ4v) is 3.05. The molecule has 4 heteroatoms. The zero-order valence-corrected chi connectivity index (χ0v) is 10.9. The highest BCUT2D eigenvalue weighted by Crippen LogP contribution is 2.36. The highest BCUT2D eigenvalue weighted by atomic mass is 16.4. The smallest absolute Gasteiger partial charge is 0.323 e. The summed E-state index contributed by atoms with van der Waals surface area (Å²) in [7, 11) is 0. The van der Waals surface area contributed by atoms with Crippen molar-refractivity contribution in [3.63, 3.8) is 0 Å². The van der Waals surface area contributed by atoms with Crippen LogP contribution in [0.2, 0.25) is 0 Å². The summed E-state index contributed by atoms with van der Waals surface area (Å²) in [4.78, 5) is 13.6. The highest BCUT2D eigenvalue weighted by molar-refractivity contribution is 5.79. The Morgan fingerprint density at radius 1 is 1.29 bits per heavy atom. The molecule has 0 aromatic carbocycles. The van der Waals surface area contributed by atoms with E-state index in [1.54, 1.807) is 0 Å². The number of carboxylic acid groups (broad SMARTS) is 1. The fourth-order valence-electron chi connectivity index (χ4n) is 3.05. The van der Waals surface area contributed by atoms with Crippen LogP contribution in [0.1, 0.15) is 46.0 Å². The van der Waals surface area contributed by atoms with E-state index in [1.165, 1.54) is 12.8 Å². The number of carboxylic acids is 1. The minimum absolute atomic E-state index is 0.382. The molecule has 0 aromatic rings. The van der Waals surface area contributed by atoms with E-state index in [9.17, 15) is 4.79 Å².